The number of esters is 1. The molecule has 0 aromatic heterocycles. The molecule has 0 aliphatic carbocycles. The predicted octanol–water partition coefficient (Wildman–Crippen LogP) is 2.63. The lowest BCUT2D eigenvalue weighted by Gasteiger charge is -2.05. The van der Waals surface area contributed by atoms with E-state index in [2.05, 4.69) is 4.89 Å². The topological polar surface area (TPSA) is 61.8 Å². The van der Waals surface area contributed by atoms with E-state index in [9.17, 15) is 9.59 Å². The molecule has 0 bridgehead atoms. The maximum Gasteiger partial charge on any atom is 0.373 e. The van der Waals surface area contributed by atoms with Gasteiger partial charge in [-0.05, 0) is 24.3 Å². The van der Waals surface area contributed by atoms with Crippen molar-refractivity contribution in [2.45, 2.75) is 0 Å². The van der Waals surface area contributed by atoms with E-state index in [1.54, 1.807) is 54.6 Å². The second-order valence-corrected chi connectivity index (χ2v) is 4.06. The molecule has 2 aromatic rings. The predicted molar refractivity (Wildman–Crippen MR) is 74.5 cm³/mol. The summed E-state index contributed by atoms with van der Waals surface area (Å²) in [6, 6.07) is 17.1. The minimum atomic E-state index is -0.593. The van der Waals surface area contributed by atoms with Gasteiger partial charge in [0.15, 0.2) is 0 Å². The third-order valence-corrected chi connectivity index (χ3v) is 2.55. The van der Waals surface area contributed by atoms with E-state index < -0.39 is 11.9 Å². The van der Waals surface area contributed by atoms with Crippen molar-refractivity contribution in [3.8, 4) is 0 Å². The third-order valence-electron chi connectivity index (χ3n) is 2.55. The number of ether oxygens (including phenoxy) is 1. The maximum atomic E-state index is 11.6. The second kappa shape index (κ2) is 7.81. The molecule has 0 unspecified atom stereocenters. The summed E-state index contributed by atoms with van der Waals surface area (Å²) in [6.07, 6.45) is 0. The van der Waals surface area contributed by atoms with Gasteiger partial charge in [-0.2, -0.15) is 4.89 Å². The van der Waals surface area contributed by atoms with Gasteiger partial charge in [-0.3, -0.25) is 4.89 Å². The first-order valence-electron chi connectivity index (χ1n) is 6.38. The first-order valence-corrected chi connectivity index (χ1v) is 6.38. The molecule has 0 saturated heterocycles. The molecule has 5 nitrogen and oxygen atoms in total. The molecule has 0 fully saturated rings. The molecule has 2 aromatic carbocycles. The Bertz CT molecular complexity index is 527. The Morgan fingerprint density at radius 3 is 1.81 bits per heavy atom. The van der Waals surface area contributed by atoms with Crippen LogP contribution in [0.25, 0.3) is 0 Å². The molecule has 0 N–H and O–H groups in total. The molecular formula is C16H14O5. The van der Waals surface area contributed by atoms with E-state index in [0.717, 1.165) is 0 Å². The molecule has 0 radical (unpaired) electrons. The summed E-state index contributed by atoms with van der Waals surface area (Å²) in [4.78, 5) is 32.4. The van der Waals surface area contributed by atoms with Gasteiger partial charge < -0.3 is 4.74 Å². The Kier molecular flexibility index (Phi) is 5.49. The Morgan fingerprint density at radius 2 is 1.24 bits per heavy atom. The van der Waals surface area contributed by atoms with Crippen molar-refractivity contribution in [1.82, 2.24) is 0 Å². The van der Waals surface area contributed by atoms with Crippen molar-refractivity contribution < 1.29 is 24.1 Å². The van der Waals surface area contributed by atoms with Crippen molar-refractivity contribution in [2.75, 3.05) is 13.2 Å². The monoisotopic (exact) mass is 286 g/mol. The lowest BCUT2D eigenvalue weighted by atomic mass is 10.2. The molecule has 0 spiro atoms. The van der Waals surface area contributed by atoms with Crippen LogP contribution in [0.2, 0.25) is 0 Å². The number of carbonyl (C=O) groups excluding carboxylic acids is 2. The first kappa shape index (κ1) is 14.7. The summed E-state index contributed by atoms with van der Waals surface area (Å²) in [5, 5.41) is 0. The summed E-state index contributed by atoms with van der Waals surface area (Å²) in [5.41, 5.74) is 0.845. The van der Waals surface area contributed by atoms with Crippen molar-refractivity contribution in [1.29, 1.82) is 0 Å². The van der Waals surface area contributed by atoms with Crippen LogP contribution in [-0.4, -0.2) is 25.2 Å². The number of carbonyl (C=O) groups is 2. The standard InChI is InChI=1S/C16H14O5/c17-15(13-7-3-1-4-8-13)19-11-12-20-21-16(18)14-9-5-2-6-10-14/h1-10H,11-12H2. The molecule has 0 amide bonds. The average Bonchev–Trinajstić information content (AvgIpc) is 2.55. The molecule has 5 heteroatoms. The van der Waals surface area contributed by atoms with E-state index in [1.807, 2.05) is 6.07 Å². The van der Waals surface area contributed by atoms with Gasteiger partial charge >= 0.3 is 11.9 Å². The molecule has 0 aliphatic rings. The Morgan fingerprint density at radius 1 is 0.714 bits per heavy atom. The van der Waals surface area contributed by atoms with Crippen LogP contribution in [0.4, 0.5) is 0 Å². The van der Waals surface area contributed by atoms with Gasteiger partial charge in [0.2, 0.25) is 0 Å². The van der Waals surface area contributed by atoms with Gasteiger partial charge in [-0.25, -0.2) is 9.59 Å². The van der Waals surface area contributed by atoms with Gasteiger partial charge in [0, 0.05) is 0 Å². The average molecular weight is 286 g/mol. The fourth-order valence-electron chi connectivity index (χ4n) is 1.54. The Balaban J connectivity index is 1.64. The van der Waals surface area contributed by atoms with Gasteiger partial charge in [0.05, 0.1) is 11.1 Å². The van der Waals surface area contributed by atoms with Crippen LogP contribution in [0.15, 0.2) is 60.7 Å². The van der Waals surface area contributed by atoms with E-state index in [1.165, 1.54) is 0 Å². The molecule has 0 saturated carbocycles. The normalized spacial score (nSPS) is 9.90. The summed E-state index contributed by atoms with van der Waals surface area (Å²) >= 11 is 0. The zero-order valence-electron chi connectivity index (χ0n) is 11.2. The van der Waals surface area contributed by atoms with Crippen molar-refractivity contribution >= 4 is 11.9 Å². The largest absolute Gasteiger partial charge is 0.459 e. The van der Waals surface area contributed by atoms with Crippen LogP contribution in [0.1, 0.15) is 20.7 Å². The van der Waals surface area contributed by atoms with Crippen molar-refractivity contribution in [3.63, 3.8) is 0 Å². The molecule has 108 valence electrons. The zero-order chi connectivity index (χ0) is 14.9. The summed E-state index contributed by atoms with van der Waals surface area (Å²) in [6.45, 7) is -0.0348. The van der Waals surface area contributed by atoms with Crippen LogP contribution in [-0.2, 0) is 14.5 Å². The van der Waals surface area contributed by atoms with Crippen LogP contribution < -0.4 is 0 Å². The highest BCUT2D eigenvalue weighted by atomic mass is 17.2. The molecule has 2 rings (SSSR count). The van der Waals surface area contributed by atoms with Crippen LogP contribution in [0.5, 0.6) is 0 Å². The molecule has 21 heavy (non-hydrogen) atoms. The minimum absolute atomic E-state index is 0.00417. The third kappa shape index (κ3) is 4.74. The molecular weight excluding hydrogens is 272 g/mol. The quantitative estimate of drug-likeness (QED) is 0.353. The lowest BCUT2D eigenvalue weighted by Crippen LogP contribution is -2.13. The summed E-state index contributed by atoms with van der Waals surface area (Å²) in [5.74, 6) is -1.04. The molecule has 0 atom stereocenters. The van der Waals surface area contributed by atoms with E-state index in [-0.39, 0.29) is 13.2 Å². The van der Waals surface area contributed by atoms with Gasteiger partial charge in [0.1, 0.15) is 13.2 Å². The van der Waals surface area contributed by atoms with Gasteiger partial charge in [-0.15, -0.1) is 0 Å². The lowest BCUT2D eigenvalue weighted by molar-refractivity contribution is -0.244. The summed E-state index contributed by atoms with van der Waals surface area (Å²) < 4.78 is 4.96. The van der Waals surface area contributed by atoms with Crippen molar-refractivity contribution in [2.24, 2.45) is 0 Å². The molecule has 0 aliphatic heterocycles. The Hall–Kier alpha value is -2.66. The highest BCUT2D eigenvalue weighted by molar-refractivity contribution is 5.89. The highest BCUT2D eigenvalue weighted by Crippen LogP contribution is 2.02. The number of hydrogen-bond acceptors (Lipinski definition) is 5. The zero-order valence-corrected chi connectivity index (χ0v) is 11.2. The Labute approximate surface area is 122 Å². The smallest absolute Gasteiger partial charge is 0.373 e. The van der Waals surface area contributed by atoms with E-state index >= 15 is 0 Å². The maximum absolute atomic E-state index is 11.6. The van der Waals surface area contributed by atoms with Gasteiger partial charge in [-0.1, -0.05) is 36.4 Å². The first-order chi connectivity index (χ1) is 10.3. The van der Waals surface area contributed by atoms with Gasteiger partial charge in [0.25, 0.3) is 0 Å². The number of hydrogen-bond donors (Lipinski definition) is 0. The van der Waals surface area contributed by atoms with E-state index in [4.69, 9.17) is 9.62 Å². The fourth-order valence-corrected chi connectivity index (χ4v) is 1.54. The van der Waals surface area contributed by atoms with Crippen molar-refractivity contribution in [3.05, 3.63) is 71.8 Å². The number of rotatable bonds is 6. The van der Waals surface area contributed by atoms with Crippen LogP contribution in [0, 0.1) is 0 Å². The fraction of sp³-hybridized carbons (Fsp3) is 0.125. The van der Waals surface area contributed by atoms with Crippen LogP contribution in [0.3, 0.4) is 0 Å². The minimum Gasteiger partial charge on any atom is -0.459 e. The molecule has 0 heterocycles. The van der Waals surface area contributed by atoms with Crippen LogP contribution >= 0.6 is 0 Å². The van der Waals surface area contributed by atoms with E-state index in [0.29, 0.717) is 11.1 Å². The SMILES string of the molecule is O=C(OCCOOC(=O)c1ccccc1)c1ccccc1. The highest BCUT2D eigenvalue weighted by Gasteiger charge is 2.08. The number of benzene rings is 2. The second-order valence-electron chi connectivity index (χ2n) is 4.06. The summed E-state index contributed by atoms with van der Waals surface area (Å²) in [7, 11) is 0.